The van der Waals surface area contributed by atoms with E-state index in [1.807, 2.05) is 6.92 Å². The number of allylic oxidation sites excluding steroid dienone is 8. The zero-order chi connectivity index (χ0) is 62.8. The van der Waals surface area contributed by atoms with Crippen LogP contribution in [0.1, 0.15) is 113 Å². The van der Waals surface area contributed by atoms with E-state index in [4.69, 9.17) is 42.2 Å². The molecule has 0 radical (unpaired) electrons. The summed E-state index contributed by atoms with van der Waals surface area (Å²) in [5.41, 5.74) is 5.29. The smallest absolute Gasteiger partial charge is 0.394 e. The van der Waals surface area contributed by atoms with E-state index in [-0.39, 0.29) is 18.9 Å². The second-order valence-electron chi connectivity index (χ2n) is 22.1. The lowest BCUT2D eigenvalue weighted by molar-refractivity contribution is -0.379. The molecule has 4 heterocycles. The van der Waals surface area contributed by atoms with E-state index in [0.29, 0.717) is 6.42 Å². The van der Waals surface area contributed by atoms with Gasteiger partial charge in [-0.2, -0.15) is 4.31 Å². The van der Waals surface area contributed by atoms with Gasteiger partial charge in [0.1, 0.15) is 97.5 Å². The number of hydrogen-bond acceptors (Lipinski definition) is 25. The fourth-order valence-electron chi connectivity index (χ4n) is 9.84. The molecule has 0 spiro atoms. The van der Waals surface area contributed by atoms with Crippen molar-refractivity contribution in [2.45, 2.75) is 236 Å². The number of phosphoric ester groups is 2. The lowest BCUT2D eigenvalue weighted by Crippen LogP contribution is -2.70. The molecule has 4 aliphatic heterocycles. The van der Waals surface area contributed by atoms with Gasteiger partial charge in [-0.3, -0.25) is 18.6 Å². The van der Waals surface area contributed by atoms with E-state index in [0.717, 1.165) is 58.8 Å². The molecule has 0 aromatic rings. The Hall–Kier alpha value is -2.56. The molecule has 0 aromatic carbocycles. The average Bonchev–Trinajstić information content (AvgIpc) is 1.37. The van der Waals surface area contributed by atoms with Crippen molar-refractivity contribution in [3.8, 4) is 0 Å². The molecule has 4 fully saturated rings. The highest BCUT2D eigenvalue weighted by atomic mass is 31.3. The van der Waals surface area contributed by atoms with E-state index in [1.54, 1.807) is 0 Å². The summed E-state index contributed by atoms with van der Waals surface area (Å²) in [5.74, 6) is -1.75. The van der Waals surface area contributed by atoms with Crippen LogP contribution in [0.15, 0.2) is 46.6 Å². The Labute approximate surface area is 489 Å². The van der Waals surface area contributed by atoms with Crippen LogP contribution >= 0.6 is 15.6 Å². The molecule has 31 heteroatoms. The van der Waals surface area contributed by atoms with Crippen molar-refractivity contribution in [1.82, 2.24) is 10.6 Å². The Kier molecular flexibility index (Phi) is 30.8. The molecular weight excluding hydrogens is 1160 g/mol. The van der Waals surface area contributed by atoms with Crippen LogP contribution in [0.2, 0.25) is 0 Å². The number of phosphoric acid groups is 2. The molecule has 4 aliphatic rings. The Morgan fingerprint density at radius 1 is 0.488 bits per heavy atom. The van der Waals surface area contributed by atoms with Gasteiger partial charge < -0.3 is 110 Å². The van der Waals surface area contributed by atoms with Crippen molar-refractivity contribution in [3.63, 3.8) is 0 Å². The van der Waals surface area contributed by atoms with Crippen LogP contribution in [0.3, 0.4) is 0 Å². The average molecular weight is 1250 g/mol. The van der Waals surface area contributed by atoms with Crippen LogP contribution in [-0.4, -0.2) is 234 Å². The Bertz CT molecular complexity index is 2270. The molecule has 23 atom stereocenters. The summed E-state index contributed by atoms with van der Waals surface area (Å²) in [4.78, 5) is 46.3. The minimum atomic E-state index is -5.73. The van der Waals surface area contributed by atoms with Crippen LogP contribution in [0.4, 0.5) is 0 Å². The minimum Gasteiger partial charge on any atom is -0.394 e. The summed E-state index contributed by atoms with van der Waals surface area (Å²) in [6.07, 6.45) is -17.8. The number of nitrogens with one attached hydrogen (secondary N) is 2. The third-order valence-corrected chi connectivity index (χ3v) is 17.2. The second-order valence-corrected chi connectivity index (χ2v) is 25.1. The van der Waals surface area contributed by atoms with E-state index >= 15 is 0 Å². The summed E-state index contributed by atoms with van der Waals surface area (Å²) >= 11 is 0. The van der Waals surface area contributed by atoms with E-state index in [2.05, 4.69) is 73.9 Å². The molecule has 4 saturated heterocycles. The molecule has 29 nitrogen and oxygen atoms in total. The molecule has 0 bridgehead atoms. The fourth-order valence-corrected chi connectivity index (χ4v) is 12.0. The summed E-state index contributed by atoms with van der Waals surface area (Å²) in [6.45, 7) is 10.1. The van der Waals surface area contributed by atoms with Crippen molar-refractivity contribution in [2.24, 2.45) is 5.92 Å². The lowest BCUT2D eigenvalue weighted by atomic mass is 9.94. The van der Waals surface area contributed by atoms with E-state index in [1.165, 1.54) is 22.3 Å². The van der Waals surface area contributed by atoms with Crippen molar-refractivity contribution in [2.75, 3.05) is 33.0 Å². The summed E-state index contributed by atoms with van der Waals surface area (Å²) < 4.78 is 80.9. The predicted molar refractivity (Wildman–Crippen MR) is 294 cm³/mol. The third kappa shape index (κ3) is 22.5. The van der Waals surface area contributed by atoms with Gasteiger partial charge in [0.2, 0.25) is 11.8 Å². The number of carbonyl (C=O) groups excluding carboxylic acids is 2. The molecule has 3 unspecified atom stereocenters. The minimum absolute atomic E-state index is 0.0125. The number of ether oxygens (including phenoxy) is 7. The van der Waals surface area contributed by atoms with Crippen LogP contribution in [0.5, 0.6) is 0 Å². The first-order valence-electron chi connectivity index (χ1n) is 28.1. The van der Waals surface area contributed by atoms with E-state index < -0.39 is 177 Å². The Balaban J connectivity index is 1.36. The number of aliphatic hydroxyl groups excluding tert-OH is 11. The number of carbonyl (C=O) groups is 2. The fraction of sp³-hybridized carbons (Fsp3) is 0.811. The van der Waals surface area contributed by atoms with Crippen LogP contribution in [0.25, 0.3) is 0 Å². The van der Waals surface area contributed by atoms with E-state index in [9.17, 15) is 84.7 Å². The molecule has 2 amide bonds. The van der Waals surface area contributed by atoms with Crippen molar-refractivity contribution < 1.29 is 131 Å². The lowest BCUT2D eigenvalue weighted by Gasteiger charge is -2.50. The van der Waals surface area contributed by atoms with Gasteiger partial charge >= 0.3 is 15.6 Å². The maximum Gasteiger partial charge on any atom is 0.483 e. The van der Waals surface area contributed by atoms with Gasteiger partial charge in [-0.05, 0) is 98.3 Å². The maximum absolute atomic E-state index is 13.3. The highest BCUT2D eigenvalue weighted by molar-refractivity contribution is 7.61. The molecular formula is C53H92N2O27P2. The van der Waals surface area contributed by atoms with Crippen LogP contribution in [-0.2, 0) is 65.2 Å². The van der Waals surface area contributed by atoms with Gasteiger partial charge in [0.25, 0.3) is 0 Å². The normalized spacial score (nSPS) is 36.3. The predicted octanol–water partition coefficient (Wildman–Crippen LogP) is -0.251. The van der Waals surface area contributed by atoms with Gasteiger partial charge in [0.15, 0.2) is 25.2 Å². The van der Waals surface area contributed by atoms with Gasteiger partial charge in [0.05, 0.1) is 33.0 Å². The highest BCUT2D eigenvalue weighted by Gasteiger charge is 2.57. The first kappa shape index (κ1) is 73.9. The topological polar surface area (TPSA) is 448 Å². The Morgan fingerprint density at radius 2 is 0.905 bits per heavy atom. The van der Waals surface area contributed by atoms with Crippen molar-refractivity contribution in [1.29, 1.82) is 0 Å². The molecule has 0 aliphatic carbocycles. The molecule has 15 N–H and O–H groups in total. The van der Waals surface area contributed by atoms with Crippen molar-refractivity contribution >= 4 is 27.5 Å². The van der Waals surface area contributed by atoms with Gasteiger partial charge in [-0.15, -0.1) is 0 Å². The van der Waals surface area contributed by atoms with Crippen LogP contribution in [0, 0.1) is 5.92 Å². The second kappa shape index (κ2) is 35.0. The van der Waals surface area contributed by atoms with Gasteiger partial charge in [-0.1, -0.05) is 53.5 Å². The monoisotopic (exact) mass is 1250 g/mol. The highest BCUT2D eigenvalue weighted by Crippen LogP contribution is 2.61. The number of amides is 2. The standard InChI is InChI=1S/C53H92N2O27P2/c1-27(2)13-9-14-28(3)15-10-16-29(4)17-11-18-30(5)19-12-20-31(6)21-22-73-83(69,70)82-84(71,72)81-51-39(55-33(8)61)43(65)47(37(26-59)77-51)78-50-38(54-32(7)60)42(64)48(36(25-58)76-50)79-53-46(68)49(41(63)35(24-57)75-53)80-52-45(67)44(66)40(62)34(23-56)74-52/h13,15,17,19,31,34-53,56-59,62-68H,9-12,14,16,18,20-26H2,1-8H3,(H,54,60)(H,55,61)(H,69,70)(H,71,72)/b28-15+,29-17+,30-19+/t31?,34-,35-,36-,37-,38-,39-,40-,41-,42-,43-,44+,45+,46+,47-,48-,49+,50+,51-,52-,53+/m1/s1. The molecule has 4 rings (SSSR count). The summed E-state index contributed by atoms with van der Waals surface area (Å²) in [6, 6.07) is -3.69. The Morgan fingerprint density at radius 3 is 1.39 bits per heavy atom. The third-order valence-electron chi connectivity index (χ3n) is 14.6. The number of aliphatic hydroxyl groups is 11. The summed E-state index contributed by atoms with van der Waals surface area (Å²) in [5, 5.41) is 122. The molecule has 84 heavy (non-hydrogen) atoms. The first-order chi connectivity index (χ1) is 39.5. The maximum atomic E-state index is 13.3. The molecule has 486 valence electrons. The van der Waals surface area contributed by atoms with Crippen LogP contribution < -0.4 is 10.6 Å². The quantitative estimate of drug-likeness (QED) is 0.0305. The number of hydrogen-bond donors (Lipinski definition) is 15. The van der Waals surface area contributed by atoms with Gasteiger partial charge in [0, 0.05) is 13.8 Å². The molecule has 0 saturated carbocycles. The first-order valence-corrected chi connectivity index (χ1v) is 31.1. The summed E-state index contributed by atoms with van der Waals surface area (Å²) in [7, 11) is -11.1. The number of rotatable bonds is 32. The van der Waals surface area contributed by atoms with Crippen molar-refractivity contribution in [3.05, 3.63) is 46.6 Å². The SMILES string of the molecule is CC(=O)N[C@H]1[C@H](O[C@H]2[C@H](O)[C@@H](NC(C)=O)[C@@H](OP(=O)(O)OP(=O)(O)OCCC(C)CC/C=C(\C)CC/C=C(\C)CC/C=C(\C)CCC=C(C)C)O[C@@H]2CO)O[C@H](CO)[C@@H](O[C@@H]2O[C@H](CO)[C@@H](O)[C@H](O[C@H]3O[C@H](CO)[C@@H](O)[C@H](O)[C@@H]3O)[C@@H]2O)[C@@H]1O. The van der Waals surface area contributed by atoms with Gasteiger partial charge in [-0.25, -0.2) is 9.13 Å². The largest absolute Gasteiger partial charge is 0.483 e. The zero-order valence-corrected chi connectivity index (χ0v) is 50.5. The molecule has 0 aromatic heterocycles. The zero-order valence-electron chi connectivity index (χ0n) is 48.8.